The maximum atomic E-state index is 13.9. The van der Waals surface area contributed by atoms with E-state index in [1.807, 2.05) is 61.2 Å². The molecule has 2 amide bonds. The van der Waals surface area contributed by atoms with E-state index in [9.17, 15) is 9.59 Å². The van der Waals surface area contributed by atoms with Crippen molar-refractivity contribution in [2.45, 2.75) is 26.7 Å². The minimum atomic E-state index is -0.317. The van der Waals surface area contributed by atoms with Crippen LogP contribution in [0.15, 0.2) is 72.4 Å². The monoisotopic (exact) mass is 442 g/mol. The fraction of sp³-hybridized carbons (Fsp3) is 0.185. The third-order valence-corrected chi connectivity index (χ3v) is 6.67. The van der Waals surface area contributed by atoms with Crippen LogP contribution in [0.4, 0.5) is 11.4 Å². The van der Waals surface area contributed by atoms with Crippen LogP contribution in [0, 0.1) is 13.8 Å². The minimum absolute atomic E-state index is 0.312. The van der Waals surface area contributed by atoms with Gasteiger partial charge in [0.05, 0.1) is 11.3 Å². The topological polar surface area (TPSA) is 40.6 Å². The second kappa shape index (κ2) is 7.95. The number of rotatable bonds is 3. The van der Waals surface area contributed by atoms with E-state index in [2.05, 4.69) is 6.07 Å². The lowest BCUT2D eigenvalue weighted by Gasteiger charge is -2.32. The highest BCUT2D eigenvalue weighted by molar-refractivity contribution is 6.46. The van der Waals surface area contributed by atoms with Gasteiger partial charge in [-0.15, -0.1) is 0 Å². The summed E-state index contributed by atoms with van der Waals surface area (Å²) in [5, 5.41) is 0.525. The van der Waals surface area contributed by atoms with E-state index in [0.717, 1.165) is 29.7 Å². The van der Waals surface area contributed by atoms with Gasteiger partial charge in [0, 0.05) is 17.3 Å². The molecule has 0 spiro atoms. The van der Waals surface area contributed by atoms with E-state index < -0.39 is 0 Å². The van der Waals surface area contributed by atoms with Gasteiger partial charge in [-0.25, -0.2) is 4.90 Å². The molecule has 32 heavy (non-hydrogen) atoms. The van der Waals surface area contributed by atoms with Crippen molar-refractivity contribution >= 4 is 40.4 Å². The second-order valence-corrected chi connectivity index (χ2v) is 8.71. The van der Waals surface area contributed by atoms with Crippen LogP contribution in [0.2, 0.25) is 5.02 Å². The molecule has 5 heteroatoms. The standard InChI is InChI=1S/C27H23ClN2O2/c1-17-12-14-20(15-13-17)24-25(29-16-6-8-19-7-3-4-10-23(19)29)27(32)30(26(24)31)22-11-5-9-21(28)18(22)2/h3-5,7,9-15H,6,8,16H2,1-2H3. The Morgan fingerprint density at radius 2 is 1.53 bits per heavy atom. The molecule has 2 aliphatic heterocycles. The summed E-state index contributed by atoms with van der Waals surface area (Å²) in [4.78, 5) is 31.0. The van der Waals surface area contributed by atoms with Gasteiger partial charge in [-0.05, 0) is 61.6 Å². The van der Waals surface area contributed by atoms with Gasteiger partial charge in [-0.3, -0.25) is 9.59 Å². The van der Waals surface area contributed by atoms with Crippen molar-refractivity contribution < 1.29 is 9.59 Å². The van der Waals surface area contributed by atoms with Crippen LogP contribution in [0.3, 0.4) is 0 Å². The fourth-order valence-electron chi connectivity index (χ4n) is 4.57. The highest BCUT2D eigenvalue weighted by Gasteiger charge is 2.44. The number of hydrogen-bond donors (Lipinski definition) is 0. The molecule has 0 atom stereocenters. The van der Waals surface area contributed by atoms with E-state index in [1.54, 1.807) is 18.2 Å². The van der Waals surface area contributed by atoms with Crippen molar-refractivity contribution in [3.05, 3.63) is 99.7 Å². The van der Waals surface area contributed by atoms with Gasteiger partial charge in [0.1, 0.15) is 5.70 Å². The van der Waals surface area contributed by atoms with E-state index in [4.69, 9.17) is 11.6 Å². The molecule has 2 heterocycles. The summed E-state index contributed by atoms with van der Waals surface area (Å²) in [6.45, 7) is 4.52. The summed E-state index contributed by atoms with van der Waals surface area (Å²) in [6.07, 6.45) is 1.87. The van der Waals surface area contributed by atoms with Crippen LogP contribution in [-0.4, -0.2) is 18.4 Å². The Morgan fingerprint density at radius 1 is 0.812 bits per heavy atom. The van der Waals surface area contributed by atoms with Crippen molar-refractivity contribution in [2.75, 3.05) is 16.3 Å². The van der Waals surface area contributed by atoms with Crippen LogP contribution < -0.4 is 9.80 Å². The largest absolute Gasteiger partial charge is 0.336 e. The molecule has 5 rings (SSSR count). The lowest BCUT2D eigenvalue weighted by Crippen LogP contribution is -2.37. The van der Waals surface area contributed by atoms with E-state index in [-0.39, 0.29) is 11.8 Å². The summed E-state index contributed by atoms with van der Waals surface area (Å²) in [6, 6.07) is 21.2. The van der Waals surface area contributed by atoms with Crippen LogP contribution in [0.25, 0.3) is 5.57 Å². The van der Waals surface area contributed by atoms with Gasteiger partial charge in [0.25, 0.3) is 11.8 Å². The Kier molecular flexibility index (Phi) is 5.10. The third kappa shape index (κ3) is 3.23. The number of para-hydroxylation sites is 1. The molecule has 2 aliphatic rings. The number of carbonyl (C=O) groups excluding carboxylic acids is 2. The van der Waals surface area contributed by atoms with Crippen LogP contribution in [-0.2, 0) is 16.0 Å². The van der Waals surface area contributed by atoms with Gasteiger partial charge in [0.2, 0.25) is 0 Å². The number of amides is 2. The Labute approximate surface area is 192 Å². The summed E-state index contributed by atoms with van der Waals surface area (Å²) >= 11 is 6.34. The van der Waals surface area contributed by atoms with Crippen LogP contribution >= 0.6 is 11.6 Å². The van der Waals surface area contributed by atoms with Gasteiger partial charge < -0.3 is 4.90 Å². The number of hydrogen-bond acceptors (Lipinski definition) is 3. The quantitative estimate of drug-likeness (QED) is 0.489. The molecule has 0 N–H and O–H groups in total. The molecule has 0 aliphatic carbocycles. The summed E-state index contributed by atoms with van der Waals surface area (Å²) < 4.78 is 0. The third-order valence-electron chi connectivity index (χ3n) is 6.26. The van der Waals surface area contributed by atoms with Crippen molar-refractivity contribution in [3.63, 3.8) is 0 Å². The first-order chi connectivity index (χ1) is 15.5. The Bertz CT molecular complexity index is 1280. The van der Waals surface area contributed by atoms with Crippen molar-refractivity contribution in [1.29, 1.82) is 0 Å². The van der Waals surface area contributed by atoms with Crippen molar-refractivity contribution in [2.24, 2.45) is 0 Å². The van der Waals surface area contributed by atoms with Gasteiger partial charge in [-0.1, -0.05) is 65.7 Å². The highest BCUT2D eigenvalue weighted by Crippen LogP contribution is 2.40. The molecular weight excluding hydrogens is 420 g/mol. The van der Waals surface area contributed by atoms with Gasteiger partial charge in [-0.2, -0.15) is 0 Å². The average molecular weight is 443 g/mol. The lowest BCUT2D eigenvalue weighted by atomic mass is 9.98. The molecule has 0 radical (unpaired) electrons. The Morgan fingerprint density at radius 3 is 2.31 bits per heavy atom. The molecule has 0 aromatic heterocycles. The molecule has 0 saturated heterocycles. The number of aryl methyl sites for hydroxylation is 2. The average Bonchev–Trinajstić information content (AvgIpc) is 3.06. The van der Waals surface area contributed by atoms with Crippen LogP contribution in [0.1, 0.15) is 28.7 Å². The first-order valence-corrected chi connectivity index (χ1v) is 11.2. The number of anilines is 2. The predicted molar refractivity (Wildman–Crippen MR) is 129 cm³/mol. The molecule has 0 fully saturated rings. The molecule has 3 aromatic rings. The Hall–Kier alpha value is -3.37. The van der Waals surface area contributed by atoms with Crippen LogP contribution in [0.5, 0.6) is 0 Å². The zero-order valence-corrected chi connectivity index (χ0v) is 18.8. The predicted octanol–water partition coefficient (Wildman–Crippen LogP) is 5.69. The van der Waals surface area contributed by atoms with Gasteiger partial charge >= 0.3 is 0 Å². The molecule has 0 bridgehead atoms. The second-order valence-electron chi connectivity index (χ2n) is 8.30. The SMILES string of the molecule is Cc1ccc(C2=C(N3CCCc4ccccc43)C(=O)N(c3cccc(Cl)c3C)C2=O)cc1. The molecular formula is C27H23ClN2O2. The normalized spacial score (nSPS) is 16.1. The molecule has 3 aromatic carbocycles. The molecule has 0 unspecified atom stereocenters. The highest BCUT2D eigenvalue weighted by atomic mass is 35.5. The Balaban J connectivity index is 1.72. The number of nitrogens with zero attached hydrogens (tertiary/aromatic N) is 2. The summed E-state index contributed by atoms with van der Waals surface area (Å²) in [5.41, 5.74) is 6.12. The first kappa shape index (κ1) is 20.5. The maximum Gasteiger partial charge on any atom is 0.282 e. The van der Waals surface area contributed by atoms with Crippen molar-refractivity contribution in [1.82, 2.24) is 0 Å². The first-order valence-electron chi connectivity index (χ1n) is 10.8. The maximum absolute atomic E-state index is 13.9. The number of fused-ring (bicyclic) bond motifs is 1. The number of carbonyl (C=O) groups is 2. The van der Waals surface area contributed by atoms with E-state index >= 15 is 0 Å². The number of imide groups is 1. The smallest absolute Gasteiger partial charge is 0.282 e. The molecule has 0 saturated carbocycles. The van der Waals surface area contributed by atoms with E-state index in [0.29, 0.717) is 34.1 Å². The van der Waals surface area contributed by atoms with E-state index in [1.165, 1.54) is 10.5 Å². The number of benzene rings is 3. The minimum Gasteiger partial charge on any atom is -0.336 e. The summed E-state index contributed by atoms with van der Waals surface area (Å²) in [5.74, 6) is -0.630. The van der Waals surface area contributed by atoms with Gasteiger partial charge in [0.15, 0.2) is 0 Å². The zero-order chi connectivity index (χ0) is 22.4. The fourth-order valence-corrected chi connectivity index (χ4v) is 4.74. The van der Waals surface area contributed by atoms with Crippen molar-refractivity contribution in [3.8, 4) is 0 Å². The number of halogens is 1. The zero-order valence-electron chi connectivity index (χ0n) is 18.1. The molecule has 4 nitrogen and oxygen atoms in total. The lowest BCUT2D eigenvalue weighted by molar-refractivity contribution is -0.120. The molecule has 160 valence electrons. The summed E-state index contributed by atoms with van der Waals surface area (Å²) in [7, 11) is 0.